The molecule has 2 aromatic rings. The van der Waals surface area contributed by atoms with Gasteiger partial charge in [-0.25, -0.2) is 13.1 Å². The first-order valence-corrected chi connectivity index (χ1v) is 9.62. The number of sulfonamides is 1. The molecule has 0 aliphatic rings. The van der Waals surface area contributed by atoms with Crippen molar-refractivity contribution in [1.82, 2.24) is 9.62 Å². The third-order valence-corrected chi connectivity index (χ3v) is 6.03. The van der Waals surface area contributed by atoms with E-state index in [0.717, 1.165) is 4.88 Å². The lowest BCUT2D eigenvalue weighted by atomic mass is 10.2. The van der Waals surface area contributed by atoms with E-state index in [1.807, 2.05) is 36.5 Å². The number of benzene rings is 1. The number of hydrogen-bond donors (Lipinski definition) is 1. The fourth-order valence-corrected chi connectivity index (χ4v) is 4.54. The predicted molar refractivity (Wildman–Crippen MR) is 93.9 cm³/mol. The molecule has 1 atom stereocenters. The normalized spacial score (nSPS) is 13.3. The molecule has 1 heterocycles. The van der Waals surface area contributed by atoms with Gasteiger partial charge in [-0.15, -0.1) is 11.3 Å². The zero-order valence-corrected chi connectivity index (χ0v) is 15.5. The van der Waals surface area contributed by atoms with Crippen molar-refractivity contribution in [2.45, 2.75) is 10.9 Å². The highest BCUT2D eigenvalue weighted by molar-refractivity contribution is 7.89. The van der Waals surface area contributed by atoms with Gasteiger partial charge in [-0.3, -0.25) is 0 Å². The van der Waals surface area contributed by atoms with Crippen molar-refractivity contribution >= 4 is 33.0 Å². The van der Waals surface area contributed by atoms with Gasteiger partial charge < -0.3 is 9.64 Å². The number of ether oxygens (including phenoxy) is 1. The first-order valence-electron chi connectivity index (χ1n) is 6.88. The highest BCUT2D eigenvalue weighted by Gasteiger charge is 2.23. The first kappa shape index (κ1) is 18.2. The highest BCUT2D eigenvalue weighted by atomic mass is 35.5. The van der Waals surface area contributed by atoms with Gasteiger partial charge in [0.05, 0.1) is 13.2 Å². The summed E-state index contributed by atoms with van der Waals surface area (Å²) >= 11 is 7.51. The largest absolute Gasteiger partial charge is 0.495 e. The highest BCUT2D eigenvalue weighted by Crippen LogP contribution is 2.28. The Morgan fingerprint density at radius 2 is 2.09 bits per heavy atom. The van der Waals surface area contributed by atoms with Crippen LogP contribution in [0.1, 0.15) is 10.9 Å². The van der Waals surface area contributed by atoms with Crippen LogP contribution in [-0.4, -0.2) is 41.1 Å². The molecule has 2 rings (SSSR count). The molecule has 0 radical (unpaired) electrons. The number of thiophene rings is 1. The SMILES string of the molecule is COc1ccc(Cl)cc1S(=O)(=O)NCC(c1cccs1)N(C)C. The van der Waals surface area contributed by atoms with Crippen molar-refractivity contribution in [1.29, 1.82) is 0 Å². The molecule has 1 aromatic heterocycles. The number of hydrogen-bond acceptors (Lipinski definition) is 5. The van der Waals surface area contributed by atoms with Crippen LogP contribution < -0.4 is 9.46 Å². The predicted octanol–water partition coefficient (Wildman–Crippen LogP) is 2.99. The Kier molecular flexibility index (Phi) is 6.05. The smallest absolute Gasteiger partial charge is 0.244 e. The Bertz CT molecular complexity index is 746. The number of methoxy groups -OCH3 is 1. The minimum atomic E-state index is -3.73. The summed E-state index contributed by atoms with van der Waals surface area (Å²) in [6.45, 7) is 0.255. The van der Waals surface area contributed by atoms with E-state index < -0.39 is 10.0 Å². The van der Waals surface area contributed by atoms with Crippen LogP contribution in [0.4, 0.5) is 0 Å². The summed E-state index contributed by atoms with van der Waals surface area (Å²) < 4.78 is 33.0. The molecule has 0 spiro atoms. The summed E-state index contributed by atoms with van der Waals surface area (Å²) in [5.41, 5.74) is 0. The molecule has 0 saturated carbocycles. The number of halogens is 1. The standard InChI is InChI=1S/C15H19ClN2O3S2/c1-18(2)12(14-5-4-8-22-14)10-17-23(19,20)15-9-11(16)6-7-13(15)21-3/h4-9,12,17H,10H2,1-3H3. The van der Waals surface area contributed by atoms with Crippen LogP contribution in [0.3, 0.4) is 0 Å². The lowest BCUT2D eigenvalue weighted by molar-refractivity contribution is 0.303. The Morgan fingerprint density at radius 1 is 1.35 bits per heavy atom. The Balaban J connectivity index is 2.23. The van der Waals surface area contributed by atoms with E-state index >= 15 is 0 Å². The number of nitrogens with zero attached hydrogens (tertiary/aromatic N) is 1. The maximum absolute atomic E-state index is 12.6. The molecular formula is C15H19ClN2O3S2. The van der Waals surface area contributed by atoms with Crippen molar-refractivity contribution in [3.05, 3.63) is 45.6 Å². The summed E-state index contributed by atoms with van der Waals surface area (Å²) in [7, 11) is 1.53. The quantitative estimate of drug-likeness (QED) is 0.809. The zero-order chi connectivity index (χ0) is 17.0. The average Bonchev–Trinajstić information content (AvgIpc) is 3.01. The molecule has 8 heteroatoms. The van der Waals surface area contributed by atoms with E-state index in [1.165, 1.54) is 13.2 Å². The second-order valence-electron chi connectivity index (χ2n) is 5.14. The maximum Gasteiger partial charge on any atom is 0.244 e. The van der Waals surface area contributed by atoms with Crippen molar-refractivity contribution < 1.29 is 13.2 Å². The fourth-order valence-electron chi connectivity index (χ4n) is 2.15. The molecule has 1 aromatic carbocycles. The molecule has 0 amide bonds. The molecule has 5 nitrogen and oxygen atoms in total. The first-order chi connectivity index (χ1) is 10.8. The van der Waals surface area contributed by atoms with Crippen LogP contribution in [0, 0.1) is 0 Å². The van der Waals surface area contributed by atoms with Crippen molar-refractivity contribution in [3.8, 4) is 5.75 Å². The van der Waals surface area contributed by atoms with Crippen LogP contribution in [0.25, 0.3) is 0 Å². The van der Waals surface area contributed by atoms with E-state index in [-0.39, 0.29) is 23.2 Å². The van der Waals surface area contributed by atoms with E-state index in [4.69, 9.17) is 16.3 Å². The van der Waals surface area contributed by atoms with Gasteiger partial charge in [0.15, 0.2) is 0 Å². The van der Waals surface area contributed by atoms with Crippen LogP contribution in [-0.2, 0) is 10.0 Å². The van der Waals surface area contributed by atoms with Crippen molar-refractivity contribution in [2.75, 3.05) is 27.7 Å². The van der Waals surface area contributed by atoms with Gasteiger partial charge in [0.1, 0.15) is 10.6 Å². The summed E-state index contributed by atoms with van der Waals surface area (Å²) in [4.78, 5) is 3.11. The second kappa shape index (κ2) is 7.63. The van der Waals surface area contributed by atoms with E-state index in [1.54, 1.807) is 23.5 Å². The van der Waals surface area contributed by atoms with Gasteiger partial charge in [-0.1, -0.05) is 17.7 Å². The monoisotopic (exact) mass is 374 g/mol. The van der Waals surface area contributed by atoms with Crippen LogP contribution in [0.2, 0.25) is 5.02 Å². The van der Waals surface area contributed by atoms with Gasteiger partial charge in [0.2, 0.25) is 10.0 Å². The molecule has 0 bridgehead atoms. The van der Waals surface area contributed by atoms with E-state index in [2.05, 4.69) is 4.72 Å². The Hall–Kier alpha value is -1.12. The third-order valence-electron chi connectivity index (χ3n) is 3.38. The minimum Gasteiger partial charge on any atom is -0.495 e. The van der Waals surface area contributed by atoms with Gasteiger partial charge in [-0.05, 0) is 43.7 Å². The lowest BCUT2D eigenvalue weighted by Gasteiger charge is -2.23. The number of likely N-dealkylation sites (N-methyl/N-ethyl adjacent to an activating group) is 1. The van der Waals surface area contributed by atoms with Gasteiger partial charge >= 0.3 is 0 Å². The molecule has 0 aliphatic carbocycles. The topological polar surface area (TPSA) is 58.6 Å². The van der Waals surface area contributed by atoms with Crippen LogP contribution >= 0.6 is 22.9 Å². The summed E-state index contributed by atoms with van der Waals surface area (Å²) in [5, 5.41) is 2.31. The molecule has 23 heavy (non-hydrogen) atoms. The summed E-state index contributed by atoms with van der Waals surface area (Å²) in [6, 6.07) is 8.41. The average molecular weight is 375 g/mol. The van der Waals surface area contributed by atoms with Crippen molar-refractivity contribution in [3.63, 3.8) is 0 Å². The summed E-state index contributed by atoms with van der Waals surface area (Å²) in [5.74, 6) is 0.263. The minimum absolute atomic E-state index is 0.0381. The van der Waals surface area contributed by atoms with Crippen LogP contribution in [0.5, 0.6) is 5.75 Å². The van der Waals surface area contributed by atoms with Crippen LogP contribution in [0.15, 0.2) is 40.6 Å². The molecule has 0 fully saturated rings. The molecule has 0 saturated heterocycles. The van der Waals surface area contributed by atoms with Gasteiger partial charge in [0.25, 0.3) is 0 Å². The lowest BCUT2D eigenvalue weighted by Crippen LogP contribution is -2.34. The number of nitrogens with one attached hydrogen (secondary N) is 1. The third kappa shape index (κ3) is 4.45. The maximum atomic E-state index is 12.6. The molecule has 1 N–H and O–H groups in total. The summed E-state index contributed by atoms with van der Waals surface area (Å²) in [6.07, 6.45) is 0. The van der Waals surface area contributed by atoms with Gasteiger partial charge in [0, 0.05) is 16.4 Å². The Morgan fingerprint density at radius 3 is 2.65 bits per heavy atom. The van der Waals surface area contributed by atoms with E-state index in [9.17, 15) is 8.42 Å². The van der Waals surface area contributed by atoms with Gasteiger partial charge in [-0.2, -0.15) is 0 Å². The van der Waals surface area contributed by atoms with Crippen molar-refractivity contribution in [2.24, 2.45) is 0 Å². The van der Waals surface area contributed by atoms with E-state index in [0.29, 0.717) is 5.02 Å². The molecule has 0 aliphatic heterocycles. The zero-order valence-electron chi connectivity index (χ0n) is 13.1. The second-order valence-corrected chi connectivity index (χ2v) is 8.29. The number of rotatable bonds is 7. The molecular weight excluding hydrogens is 356 g/mol. The fraction of sp³-hybridized carbons (Fsp3) is 0.333. The Labute approximate surface area is 145 Å². The molecule has 1 unspecified atom stereocenters. The molecule has 126 valence electrons.